The van der Waals surface area contributed by atoms with Crippen LogP contribution < -0.4 is 0 Å². The van der Waals surface area contributed by atoms with Crippen LogP contribution in [-0.2, 0) is 9.59 Å². The lowest BCUT2D eigenvalue weighted by Crippen LogP contribution is -2.40. The van der Waals surface area contributed by atoms with E-state index < -0.39 is 0 Å². The predicted octanol–water partition coefficient (Wildman–Crippen LogP) is 3.17. The minimum atomic E-state index is 0.197. The monoisotopic (exact) mass is 265 g/mol. The highest BCUT2D eigenvalue weighted by atomic mass is 16.2. The molecule has 2 aliphatic rings. The van der Waals surface area contributed by atoms with E-state index in [2.05, 4.69) is 0 Å². The van der Waals surface area contributed by atoms with Crippen LogP contribution >= 0.6 is 0 Å². The quantitative estimate of drug-likeness (QED) is 0.783. The number of amides is 1. The van der Waals surface area contributed by atoms with E-state index in [9.17, 15) is 9.59 Å². The zero-order valence-corrected chi connectivity index (χ0v) is 12.2. The van der Waals surface area contributed by atoms with Crippen molar-refractivity contribution < 1.29 is 9.59 Å². The second kappa shape index (κ2) is 7.06. The van der Waals surface area contributed by atoms with E-state index in [1.807, 2.05) is 4.90 Å². The van der Waals surface area contributed by atoms with E-state index >= 15 is 0 Å². The molecule has 0 aromatic rings. The third-order valence-electron chi connectivity index (χ3n) is 4.91. The van der Waals surface area contributed by atoms with Crippen molar-refractivity contribution in [2.75, 3.05) is 13.1 Å². The van der Waals surface area contributed by atoms with Gasteiger partial charge in [-0.2, -0.15) is 0 Å². The van der Waals surface area contributed by atoms with E-state index in [0.29, 0.717) is 5.91 Å². The number of likely N-dealkylation sites (tertiary alicyclic amines) is 1. The highest BCUT2D eigenvalue weighted by Gasteiger charge is 2.25. The molecule has 0 atom stereocenters. The van der Waals surface area contributed by atoms with Crippen molar-refractivity contribution in [1.82, 2.24) is 4.90 Å². The van der Waals surface area contributed by atoms with E-state index in [1.165, 1.54) is 32.1 Å². The second-order valence-electron chi connectivity index (χ2n) is 6.31. The van der Waals surface area contributed by atoms with Crippen molar-refractivity contribution in [2.45, 2.75) is 64.7 Å². The number of carbonyl (C=O) groups excluding carboxylic acids is 2. The number of rotatable bonds is 4. The van der Waals surface area contributed by atoms with Gasteiger partial charge in [-0.05, 0) is 32.1 Å². The van der Waals surface area contributed by atoms with Gasteiger partial charge in [0.1, 0.15) is 5.78 Å². The SMILES string of the molecule is CC(=O)C1CCN(C(=O)CCC2CCCCC2)CC1. The first kappa shape index (κ1) is 14.5. The molecular weight excluding hydrogens is 238 g/mol. The standard InChI is InChI=1S/C16H27NO2/c1-13(18)15-9-11-17(12-10-15)16(19)8-7-14-5-3-2-4-6-14/h14-15H,2-12H2,1H3. The fourth-order valence-electron chi connectivity index (χ4n) is 3.50. The van der Waals surface area contributed by atoms with E-state index in [-0.39, 0.29) is 11.7 Å². The Balaban J connectivity index is 1.67. The topological polar surface area (TPSA) is 37.4 Å². The summed E-state index contributed by atoms with van der Waals surface area (Å²) >= 11 is 0. The molecule has 19 heavy (non-hydrogen) atoms. The Labute approximate surface area is 116 Å². The number of carbonyl (C=O) groups is 2. The number of Topliss-reactive ketones (excluding diaryl/α,β-unsaturated/α-hetero) is 1. The molecule has 3 nitrogen and oxygen atoms in total. The first-order chi connectivity index (χ1) is 9.16. The van der Waals surface area contributed by atoms with Crippen molar-refractivity contribution >= 4 is 11.7 Å². The molecule has 3 heteroatoms. The van der Waals surface area contributed by atoms with Crippen LogP contribution in [0.3, 0.4) is 0 Å². The average Bonchev–Trinajstić information content (AvgIpc) is 2.46. The van der Waals surface area contributed by atoms with Crippen LogP contribution in [-0.4, -0.2) is 29.7 Å². The third kappa shape index (κ3) is 4.32. The molecule has 0 aromatic heterocycles. The van der Waals surface area contributed by atoms with Gasteiger partial charge in [-0.25, -0.2) is 0 Å². The van der Waals surface area contributed by atoms with Gasteiger partial charge in [0.15, 0.2) is 0 Å². The summed E-state index contributed by atoms with van der Waals surface area (Å²) in [6.07, 6.45) is 10.2. The van der Waals surface area contributed by atoms with Gasteiger partial charge in [0.25, 0.3) is 0 Å². The van der Waals surface area contributed by atoms with Crippen LogP contribution in [0.2, 0.25) is 0 Å². The second-order valence-corrected chi connectivity index (χ2v) is 6.31. The molecular formula is C16H27NO2. The van der Waals surface area contributed by atoms with Gasteiger partial charge in [-0.1, -0.05) is 32.1 Å². The van der Waals surface area contributed by atoms with Crippen molar-refractivity contribution in [2.24, 2.45) is 11.8 Å². The minimum absolute atomic E-state index is 0.197. The van der Waals surface area contributed by atoms with Crippen LogP contribution in [0, 0.1) is 11.8 Å². The van der Waals surface area contributed by atoms with E-state index in [4.69, 9.17) is 0 Å². The molecule has 1 amide bonds. The lowest BCUT2D eigenvalue weighted by molar-refractivity contribution is -0.135. The van der Waals surface area contributed by atoms with Crippen LogP contribution in [0.25, 0.3) is 0 Å². The maximum absolute atomic E-state index is 12.2. The maximum atomic E-state index is 12.2. The summed E-state index contributed by atoms with van der Waals surface area (Å²) < 4.78 is 0. The van der Waals surface area contributed by atoms with Crippen molar-refractivity contribution in [3.05, 3.63) is 0 Å². The van der Waals surface area contributed by atoms with E-state index in [1.54, 1.807) is 6.92 Å². The van der Waals surface area contributed by atoms with Crippen molar-refractivity contribution in [3.8, 4) is 0 Å². The van der Waals surface area contributed by atoms with Gasteiger partial charge in [0.2, 0.25) is 5.91 Å². The molecule has 0 bridgehead atoms. The van der Waals surface area contributed by atoms with Crippen LogP contribution in [0.15, 0.2) is 0 Å². The molecule has 108 valence electrons. The zero-order valence-electron chi connectivity index (χ0n) is 12.2. The number of nitrogens with zero attached hydrogens (tertiary/aromatic N) is 1. The Morgan fingerprint density at radius 1 is 1.00 bits per heavy atom. The number of hydrogen-bond acceptors (Lipinski definition) is 2. The smallest absolute Gasteiger partial charge is 0.222 e. The Morgan fingerprint density at radius 3 is 2.21 bits per heavy atom. The number of piperidine rings is 1. The molecule has 2 rings (SSSR count). The third-order valence-corrected chi connectivity index (χ3v) is 4.91. The largest absolute Gasteiger partial charge is 0.343 e. The molecule has 2 fully saturated rings. The minimum Gasteiger partial charge on any atom is -0.343 e. The molecule has 0 N–H and O–H groups in total. The molecule has 1 aliphatic carbocycles. The van der Waals surface area contributed by atoms with Crippen LogP contribution in [0.1, 0.15) is 64.7 Å². The van der Waals surface area contributed by atoms with Crippen molar-refractivity contribution in [1.29, 1.82) is 0 Å². The fourth-order valence-corrected chi connectivity index (χ4v) is 3.50. The molecule has 1 saturated heterocycles. The Hall–Kier alpha value is -0.860. The summed E-state index contributed by atoms with van der Waals surface area (Å²) in [5.41, 5.74) is 0. The molecule has 1 saturated carbocycles. The maximum Gasteiger partial charge on any atom is 0.222 e. The highest BCUT2D eigenvalue weighted by Crippen LogP contribution is 2.28. The summed E-state index contributed by atoms with van der Waals surface area (Å²) in [6, 6.07) is 0. The Kier molecular flexibility index (Phi) is 5.41. The first-order valence-corrected chi connectivity index (χ1v) is 7.95. The normalized spacial score (nSPS) is 22.5. The fraction of sp³-hybridized carbons (Fsp3) is 0.875. The van der Waals surface area contributed by atoms with Crippen LogP contribution in [0.4, 0.5) is 0 Å². The van der Waals surface area contributed by atoms with Gasteiger partial charge in [0.05, 0.1) is 0 Å². The van der Waals surface area contributed by atoms with Gasteiger partial charge in [0, 0.05) is 25.4 Å². The summed E-state index contributed by atoms with van der Waals surface area (Å²) in [6.45, 7) is 3.24. The Bertz CT molecular complexity index is 313. The van der Waals surface area contributed by atoms with Crippen molar-refractivity contribution in [3.63, 3.8) is 0 Å². The lowest BCUT2D eigenvalue weighted by Gasteiger charge is -2.31. The van der Waals surface area contributed by atoms with Gasteiger partial charge in [-0.3, -0.25) is 9.59 Å². The molecule has 0 spiro atoms. The molecule has 0 aromatic carbocycles. The summed E-state index contributed by atoms with van der Waals surface area (Å²) in [7, 11) is 0. The first-order valence-electron chi connectivity index (χ1n) is 7.95. The van der Waals surface area contributed by atoms with E-state index in [0.717, 1.165) is 44.7 Å². The summed E-state index contributed by atoms with van der Waals surface area (Å²) in [5.74, 6) is 1.58. The van der Waals surface area contributed by atoms with Crippen LogP contribution in [0.5, 0.6) is 0 Å². The zero-order chi connectivity index (χ0) is 13.7. The average molecular weight is 265 g/mol. The predicted molar refractivity (Wildman–Crippen MR) is 75.8 cm³/mol. The van der Waals surface area contributed by atoms with Gasteiger partial charge < -0.3 is 4.90 Å². The number of ketones is 1. The van der Waals surface area contributed by atoms with Gasteiger partial charge in [-0.15, -0.1) is 0 Å². The molecule has 0 radical (unpaired) electrons. The molecule has 0 unspecified atom stereocenters. The summed E-state index contributed by atoms with van der Waals surface area (Å²) in [5, 5.41) is 0. The number of hydrogen-bond donors (Lipinski definition) is 0. The summed E-state index contributed by atoms with van der Waals surface area (Å²) in [4.78, 5) is 25.4. The molecule has 1 aliphatic heterocycles. The Morgan fingerprint density at radius 2 is 1.63 bits per heavy atom. The lowest BCUT2D eigenvalue weighted by atomic mass is 9.86. The van der Waals surface area contributed by atoms with Gasteiger partial charge >= 0.3 is 0 Å². The molecule has 1 heterocycles. The highest BCUT2D eigenvalue weighted by molar-refractivity contribution is 5.79.